The number of rotatable bonds is 8. The lowest BCUT2D eigenvalue weighted by Gasteiger charge is -2.26. The summed E-state index contributed by atoms with van der Waals surface area (Å²) in [5.41, 5.74) is 2.55. The molecule has 0 aliphatic rings. The zero-order chi connectivity index (χ0) is 15.9. The van der Waals surface area contributed by atoms with E-state index < -0.39 is 0 Å². The van der Waals surface area contributed by atoms with E-state index in [0.29, 0.717) is 6.54 Å². The number of aliphatic hydroxyl groups is 1. The van der Waals surface area contributed by atoms with Crippen molar-refractivity contribution in [2.75, 3.05) is 24.6 Å². The summed E-state index contributed by atoms with van der Waals surface area (Å²) >= 11 is 3.68. The maximum Gasteiger partial charge on any atom is 0.0606 e. The number of unbranched alkanes of at least 4 members (excludes halogenated alkanes) is 1. The first-order valence-corrected chi connectivity index (χ1v) is 8.56. The minimum atomic E-state index is 0.120. The van der Waals surface area contributed by atoms with Gasteiger partial charge < -0.3 is 15.3 Å². The smallest absolute Gasteiger partial charge is 0.0606 e. The molecule has 4 heteroatoms. The van der Waals surface area contributed by atoms with Crippen molar-refractivity contribution in [2.24, 2.45) is 0 Å². The minimum Gasteiger partial charge on any atom is -0.395 e. The van der Waals surface area contributed by atoms with Gasteiger partial charge in [0.15, 0.2) is 0 Å². The molecular formula is C17H29BrN2O. The third-order valence-electron chi connectivity index (χ3n) is 3.33. The van der Waals surface area contributed by atoms with Crippen LogP contribution < -0.4 is 10.2 Å². The largest absolute Gasteiger partial charge is 0.395 e. The third-order valence-corrected chi connectivity index (χ3v) is 3.96. The Morgan fingerprint density at radius 2 is 1.95 bits per heavy atom. The van der Waals surface area contributed by atoms with Crippen molar-refractivity contribution < 1.29 is 5.11 Å². The van der Waals surface area contributed by atoms with Crippen LogP contribution in [0.1, 0.15) is 46.1 Å². The Morgan fingerprint density at radius 3 is 2.48 bits per heavy atom. The molecule has 0 amide bonds. The molecule has 0 atom stereocenters. The lowest BCUT2D eigenvalue weighted by Crippen LogP contribution is -2.35. The van der Waals surface area contributed by atoms with Crippen LogP contribution in [0.15, 0.2) is 22.7 Å². The molecule has 0 aliphatic carbocycles. The zero-order valence-corrected chi connectivity index (χ0v) is 15.3. The van der Waals surface area contributed by atoms with Crippen LogP contribution in [0.4, 0.5) is 5.69 Å². The van der Waals surface area contributed by atoms with E-state index in [0.717, 1.165) is 36.1 Å². The van der Waals surface area contributed by atoms with Crippen molar-refractivity contribution in [3.05, 3.63) is 28.2 Å². The van der Waals surface area contributed by atoms with Gasteiger partial charge in [-0.3, -0.25) is 0 Å². The van der Waals surface area contributed by atoms with E-state index in [1.54, 1.807) is 0 Å². The molecule has 0 unspecified atom stereocenters. The van der Waals surface area contributed by atoms with Crippen LogP contribution in [0.2, 0.25) is 0 Å². The number of hydrogen-bond donors (Lipinski definition) is 2. The summed E-state index contributed by atoms with van der Waals surface area (Å²) in [6, 6.07) is 6.48. The molecule has 1 aromatic rings. The molecule has 2 N–H and O–H groups in total. The van der Waals surface area contributed by atoms with Gasteiger partial charge in [0.05, 0.1) is 12.3 Å². The number of benzene rings is 1. The van der Waals surface area contributed by atoms with Gasteiger partial charge in [0.1, 0.15) is 0 Å². The predicted molar refractivity (Wildman–Crippen MR) is 94.9 cm³/mol. The van der Waals surface area contributed by atoms with E-state index in [9.17, 15) is 5.11 Å². The molecular weight excluding hydrogens is 328 g/mol. The Bertz CT molecular complexity index is 429. The van der Waals surface area contributed by atoms with Crippen molar-refractivity contribution in [2.45, 2.75) is 52.6 Å². The highest BCUT2D eigenvalue weighted by atomic mass is 79.9. The molecule has 0 bridgehead atoms. The van der Waals surface area contributed by atoms with Crippen LogP contribution in [0.5, 0.6) is 0 Å². The van der Waals surface area contributed by atoms with Crippen molar-refractivity contribution in [1.29, 1.82) is 0 Å². The quantitative estimate of drug-likeness (QED) is 0.740. The van der Waals surface area contributed by atoms with Crippen molar-refractivity contribution in [3.8, 4) is 0 Å². The number of aliphatic hydroxyl groups excluding tert-OH is 1. The van der Waals surface area contributed by atoms with Gasteiger partial charge in [-0.25, -0.2) is 0 Å². The van der Waals surface area contributed by atoms with Crippen LogP contribution in [-0.2, 0) is 6.54 Å². The average Bonchev–Trinajstić information content (AvgIpc) is 2.41. The van der Waals surface area contributed by atoms with Crippen LogP contribution in [0, 0.1) is 0 Å². The molecule has 1 rings (SSSR count). The summed E-state index contributed by atoms with van der Waals surface area (Å²) in [7, 11) is 0. The molecule has 0 fully saturated rings. The van der Waals surface area contributed by atoms with Crippen molar-refractivity contribution >= 4 is 21.6 Å². The standard InChI is InChI=1S/C17H29BrN2O/c1-5-6-9-20(10-11-21)16-8-7-14(12-15(16)18)13-19-17(2,3)4/h7-8,12,19,21H,5-6,9-11,13H2,1-4H3. The Balaban J connectivity index is 2.79. The van der Waals surface area contributed by atoms with Gasteiger partial charge >= 0.3 is 0 Å². The lowest BCUT2D eigenvalue weighted by molar-refractivity contribution is 0.301. The topological polar surface area (TPSA) is 35.5 Å². The van der Waals surface area contributed by atoms with Crippen molar-refractivity contribution in [3.63, 3.8) is 0 Å². The number of nitrogens with one attached hydrogen (secondary N) is 1. The van der Waals surface area contributed by atoms with Crippen molar-refractivity contribution in [1.82, 2.24) is 5.32 Å². The first kappa shape index (κ1) is 18.5. The first-order chi connectivity index (χ1) is 9.87. The Labute approximate surface area is 137 Å². The SMILES string of the molecule is CCCCN(CCO)c1ccc(CNC(C)(C)C)cc1Br. The van der Waals surface area contributed by atoms with E-state index in [1.807, 2.05) is 0 Å². The fourth-order valence-electron chi connectivity index (χ4n) is 2.11. The number of hydrogen-bond acceptors (Lipinski definition) is 3. The van der Waals surface area contributed by atoms with Crippen LogP contribution in [0.25, 0.3) is 0 Å². The Hall–Kier alpha value is -0.580. The minimum absolute atomic E-state index is 0.120. The van der Waals surface area contributed by atoms with E-state index in [4.69, 9.17) is 0 Å². The lowest BCUT2D eigenvalue weighted by atomic mass is 10.1. The Kier molecular flexibility index (Phi) is 7.71. The van der Waals surface area contributed by atoms with Gasteiger partial charge in [-0.2, -0.15) is 0 Å². The average molecular weight is 357 g/mol. The zero-order valence-electron chi connectivity index (χ0n) is 13.7. The molecule has 0 aliphatic heterocycles. The number of halogens is 1. The fourth-order valence-corrected chi connectivity index (χ4v) is 2.78. The summed E-state index contributed by atoms with van der Waals surface area (Å²) in [6.45, 7) is 11.4. The van der Waals surface area contributed by atoms with E-state index >= 15 is 0 Å². The molecule has 0 radical (unpaired) electrons. The molecule has 0 aromatic heterocycles. The molecule has 21 heavy (non-hydrogen) atoms. The normalized spacial score (nSPS) is 11.7. The summed E-state index contributed by atoms with van der Waals surface area (Å²) < 4.78 is 1.10. The second kappa shape index (κ2) is 8.76. The van der Waals surface area contributed by atoms with Crippen LogP contribution >= 0.6 is 15.9 Å². The van der Waals surface area contributed by atoms with Crippen LogP contribution in [0.3, 0.4) is 0 Å². The molecule has 0 spiro atoms. The second-order valence-electron chi connectivity index (χ2n) is 6.45. The van der Waals surface area contributed by atoms with Gasteiger partial charge in [-0.15, -0.1) is 0 Å². The predicted octanol–water partition coefficient (Wildman–Crippen LogP) is 3.94. The highest BCUT2D eigenvalue weighted by Crippen LogP contribution is 2.28. The highest BCUT2D eigenvalue weighted by molar-refractivity contribution is 9.10. The highest BCUT2D eigenvalue weighted by Gasteiger charge is 2.12. The summed E-state index contributed by atoms with van der Waals surface area (Å²) in [5.74, 6) is 0. The van der Waals surface area contributed by atoms with Gasteiger partial charge in [0.25, 0.3) is 0 Å². The number of nitrogens with zero attached hydrogens (tertiary/aromatic N) is 1. The molecule has 0 saturated heterocycles. The maximum atomic E-state index is 9.25. The fraction of sp³-hybridized carbons (Fsp3) is 0.647. The van der Waals surface area contributed by atoms with E-state index in [1.165, 1.54) is 5.56 Å². The molecule has 1 aromatic carbocycles. The van der Waals surface area contributed by atoms with Gasteiger partial charge in [-0.05, 0) is 60.8 Å². The summed E-state index contributed by atoms with van der Waals surface area (Å²) in [4.78, 5) is 2.24. The third kappa shape index (κ3) is 6.81. The van der Waals surface area contributed by atoms with E-state index in [-0.39, 0.29) is 12.1 Å². The molecule has 3 nitrogen and oxygen atoms in total. The van der Waals surface area contributed by atoms with E-state index in [2.05, 4.69) is 72.0 Å². The van der Waals surface area contributed by atoms with Gasteiger partial charge in [-0.1, -0.05) is 19.4 Å². The molecule has 120 valence electrons. The molecule has 0 saturated carbocycles. The Morgan fingerprint density at radius 1 is 1.24 bits per heavy atom. The first-order valence-electron chi connectivity index (χ1n) is 7.76. The van der Waals surface area contributed by atoms with Gasteiger partial charge in [0.2, 0.25) is 0 Å². The summed E-state index contributed by atoms with van der Waals surface area (Å²) in [5, 5.41) is 12.7. The summed E-state index contributed by atoms with van der Waals surface area (Å²) in [6.07, 6.45) is 2.30. The monoisotopic (exact) mass is 356 g/mol. The maximum absolute atomic E-state index is 9.25. The van der Waals surface area contributed by atoms with Gasteiger partial charge in [0, 0.05) is 29.6 Å². The number of anilines is 1. The van der Waals surface area contributed by atoms with Crippen LogP contribution in [-0.4, -0.2) is 30.3 Å². The molecule has 0 heterocycles. The second-order valence-corrected chi connectivity index (χ2v) is 7.31.